The summed E-state index contributed by atoms with van der Waals surface area (Å²) >= 11 is 5.79. The summed E-state index contributed by atoms with van der Waals surface area (Å²) in [6, 6.07) is 4.48. The van der Waals surface area contributed by atoms with Crippen LogP contribution in [0.4, 0.5) is 0 Å². The van der Waals surface area contributed by atoms with Gasteiger partial charge < -0.3 is 14.8 Å². The highest BCUT2D eigenvalue weighted by Crippen LogP contribution is 2.14. The number of hydrogen-bond acceptors (Lipinski definition) is 4. The fourth-order valence-electron chi connectivity index (χ4n) is 0.965. The number of halogens is 1. The van der Waals surface area contributed by atoms with Gasteiger partial charge in [-0.1, -0.05) is 23.7 Å². The van der Waals surface area contributed by atoms with Gasteiger partial charge in [-0.2, -0.15) is 0 Å². The number of carbonyl (C=O) groups is 1. The highest BCUT2D eigenvalue weighted by Gasteiger charge is 2.12. The highest BCUT2D eigenvalue weighted by molar-refractivity contribution is 6.59. The van der Waals surface area contributed by atoms with Gasteiger partial charge in [-0.05, 0) is 11.5 Å². The molecule has 0 bridgehead atoms. The summed E-state index contributed by atoms with van der Waals surface area (Å²) in [4.78, 5) is 9.92. The molecule has 0 aliphatic heterocycles. The van der Waals surface area contributed by atoms with Crippen molar-refractivity contribution in [3.05, 3.63) is 28.8 Å². The predicted octanol–water partition coefficient (Wildman–Crippen LogP) is -0.307. The number of ether oxygens (including phenoxy) is 1. The molecule has 0 spiro atoms. The minimum Gasteiger partial charge on any atom is -0.463 e. The van der Waals surface area contributed by atoms with E-state index in [1.54, 1.807) is 6.07 Å². The lowest BCUT2D eigenvalue weighted by Gasteiger charge is -2.05. The van der Waals surface area contributed by atoms with E-state index in [0.29, 0.717) is 22.5 Å². The zero-order chi connectivity index (χ0) is 10.6. The molecule has 0 amide bonds. The van der Waals surface area contributed by atoms with Gasteiger partial charge >= 0.3 is 7.12 Å². The molecule has 0 unspecified atom stereocenters. The van der Waals surface area contributed by atoms with Gasteiger partial charge in [0.25, 0.3) is 6.47 Å². The van der Waals surface area contributed by atoms with E-state index in [2.05, 4.69) is 4.74 Å². The lowest BCUT2D eigenvalue weighted by molar-refractivity contribution is -0.129. The first kappa shape index (κ1) is 11.0. The van der Waals surface area contributed by atoms with Crippen molar-refractivity contribution in [2.24, 2.45) is 0 Å². The Hall–Kier alpha value is -1.04. The Morgan fingerprint density at radius 2 is 2.21 bits per heavy atom. The van der Waals surface area contributed by atoms with Gasteiger partial charge in [0.2, 0.25) is 0 Å². The molecule has 0 heterocycles. The Labute approximate surface area is 86.2 Å². The summed E-state index contributed by atoms with van der Waals surface area (Å²) < 4.78 is 4.51. The summed E-state index contributed by atoms with van der Waals surface area (Å²) in [6.07, 6.45) is 0. The van der Waals surface area contributed by atoms with E-state index >= 15 is 0 Å². The van der Waals surface area contributed by atoms with Crippen LogP contribution in [0.3, 0.4) is 0 Å². The molecule has 0 aliphatic rings. The molecule has 1 aromatic carbocycles. The van der Waals surface area contributed by atoms with Gasteiger partial charge in [0.15, 0.2) is 0 Å². The Morgan fingerprint density at radius 1 is 1.50 bits per heavy atom. The second-order valence-electron chi connectivity index (χ2n) is 2.63. The van der Waals surface area contributed by atoms with Gasteiger partial charge in [0.05, 0.1) is 0 Å². The van der Waals surface area contributed by atoms with Crippen LogP contribution in [0.25, 0.3) is 0 Å². The summed E-state index contributed by atoms with van der Waals surface area (Å²) in [5, 5.41) is 18.0. The number of benzene rings is 1. The van der Waals surface area contributed by atoms with Gasteiger partial charge in [-0.15, -0.1) is 0 Å². The van der Waals surface area contributed by atoms with Crippen LogP contribution in [0.15, 0.2) is 18.2 Å². The van der Waals surface area contributed by atoms with Gasteiger partial charge in [0, 0.05) is 10.6 Å². The molecule has 0 atom stereocenters. The molecular formula is C8H8BClO4. The Morgan fingerprint density at radius 3 is 2.71 bits per heavy atom. The summed E-state index contributed by atoms with van der Waals surface area (Å²) in [5.74, 6) is 0. The maximum Gasteiger partial charge on any atom is 0.488 e. The van der Waals surface area contributed by atoms with Crippen LogP contribution in [0.1, 0.15) is 5.56 Å². The molecule has 0 radical (unpaired) electrons. The molecule has 4 nitrogen and oxygen atoms in total. The molecule has 6 heteroatoms. The minimum atomic E-state index is -1.55. The lowest BCUT2D eigenvalue weighted by Crippen LogP contribution is -2.29. The Kier molecular flexibility index (Phi) is 3.94. The fraction of sp³-hybridized carbons (Fsp3) is 0.125. The molecule has 0 aromatic heterocycles. The standard InChI is InChI=1S/C8H8BClO4/c10-8-3-7(9(12)13)2-1-6(8)4-14-5-11/h1-3,5,12-13H,4H2. The molecule has 0 saturated heterocycles. The first-order chi connectivity index (χ1) is 6.65. The molecule has 0 aliphatic carbocycles. The van der Waals surface area contributed by atoms with Crippen LogP contribution in [-0.2, 0) is 16.1 Å². The van der Waals surface area contributed by atoms with Crippen LogP contribution >= 0.6 is 11.6 Å². The van der Waals surface area contributed by atoms with Crippen molar-refractivity contribution in [1.29, 1.82) is 0 Å². The third-order valence-corrected chi connectivity index (χ3v) is 2.03. The number of hydrogen-bond donors (Lipinski definition) is 2. The molecule has 2 N–H and O–H groups in total. The molecule has 0 saturated carbocycles. The van der Waals surface area contributed by atoms with E-state index in [1.807, 2.05) is 0 Å². The SMILES string of the molecule is O=COCc1ccc(B(O)O)cc1Cl. The van der Waals surface area contributed by atoms with Crippen LogP contribution in [0.5, 0.6) is 0 Å². The quantitative estimate of drug-likeness (QED) is 0.533. The third-order valence-electron chi connectivity index (χ3n) is 1.68. The zero-order valence-corrected chi connectivity index (χ0v) is 7.94. The smallest absolute Gasteiger partial charge is 0.463 e. The number of rotatable bonds is 4. The van der Waals surface area contributed by atoms with Crippen LogP contribution in [0.2, 0.25) is 5.02 Å². The van der Waals surface area contributed by atoms with Crippen molar-refractivity contribution < 1.29 is 19.6 Å². The molecule has 1 aromatic rings. The largest absolute Gasteiger partial charge is 0.488 e. The normalized spacial score (nSPS) is 9.64. The molecule has 14 heavy (non-hydrogen) atoms. The van der Waals surface area contributed by atoms with Crippen molar-refractivity contribution in [3.63, 3.8) is 0 Å². The lowest BCUT2D eigenvalue weighted by atomic mass is 9.80. The Bertz CT molecular complexity index is 329. The Balaban J connectivity index is 2.84. The highest BCUT2D eigenvalue weighted by atomic mass is 35.5. The average Bonchev–Trinajstić information content (AvgIpc) is 2.15. The topological polar surface area (TPSA) is 66.8 Å². The van der Waals surface area contributed by atoms with Crippen LogP contribution in [-0.4, -0.2) is 23.6 Å². The van der Waals surface area contributed by atoms with Crippen molar-refractivity contribution in [1.82, 2.24) is 0 Å². The van der Waals surface area contributed by atoms with Crippen molar-refractivity contribution in [2.45, 2.75) is 6.61 Å². The van der Waals surface area contributed by atoms with Gasteiger partial charge in [-0.25, -0.2) is 0 Å². The summed E-state index contributed by atoms with van der Waals surface area (Å²) in [7, 11) is -1.55. The van der Waals surface area contributed by atoms with E-state index in [4.69, 9.17) is 21.6 Å². The zero-order valence-electron chi connectivity index (χ0n) is 7.18. The first-order valence-corrected chi connectivity index (χ1v) is 4.22. The maximum absolute atomic E-state index is 9.92. The minimum absolute atomic E-state index is 0.0735. The third kappa shape index (κ3) is 2.73. The summed E-state index contributed by atoms with van der Waals surface area (Å²) in [5.41, 5.74) is 0.910. The fourth-order valence-corrected chi connectivity index (χ4v) is 1.21. The maximum atomic E-state index is 9.92. The average molecular weight is 214 g/mol. The van der Waals surface area contributed by atoms with Crippen LogP contribution < -0.4 is 5.46 Å². The van der Waals surface area contributed by atoms with Crippen molar-refractivity contribution >= 4 is 30.7 Å². The predicted molar refractivity (Wildman–Crippen MR) is 52.1 cm³/mol. The van der Waals surface area contributed by atoms with Gasteiger partial charge in [0.1, 0.15) is 6.61 Å². The molecule has 1 rings (SSSR count). The first-order valence-electron chi connectivity index (χ1n) is 3.85. The summed E-state index contributed by atoms with van der Waals surface area (Å²) in [6.45, 7) is 0.398. The van der Waals surface area contributed by atoms with E-state index in [-0.39, 0.29) is 6.61 Å². The molecule has 0 fully saturated rings. The second-order valence-corrected chi connectivity index (χ2v) is 3.04. The second kappa shape index (κ2) is 5.00. The van der Waals surface area contributed by atoms with Crippen molar-refractivity contribution in [3.8, 4) is 0 Å². The number of carbonyl (C=O) groups excluding carboxylic acids is 1. The van der Waals surface area contributed by atoms with Gasteiger partial charge in [-0.3, -0.25) is 4.79 Å². The van der Waals surface area contributed by atoms with E-state index < -0.39 is 7.12 Å². The van der Waals surface area contributed by atoms with Crippen LogP contribution in [0, 0.1) is 0 Å². The van der Waals surface area contributed by atoms with E-state index in [0.717, 1.165) is 0 Å². The van der Waals surface area contributed by atoms with E-state index in [1.165, 1.54) is 12.1 Å². The van der Waals surface area contributed by atoms with E-state index in [9.17, 15) is 4.79 Å². The van der Waals surface area contributed by atoms with Crippen molar-refractivity contribution in [2.75, 3.05) is 0 Å². The monoisotopic (exact) mass is 214 g/mol. The molecular weight excluding hydrogens is 206 g/mol. The molecule has 74 valence electrons.